The molecule has 0 spiro atoms. The van der Waals surface area contributed by atoms with Crippen molar-refractivity contribution >= 4 is 5.91 Å². The largest absolute Gasteiger partial charge is 0.368 e. The zero-order chi connectivity index (χ0) is 11.3. The van der Waals surface area contributed by atoms with Crippen LogP contribution in [0.5, 0.6) is 0 Å². The van der Waals surface area contributed by atoms with Crippen LogP contribution in [-0.2, 0) is 4.79 Å². The number of carbonyl (C=O) groups is 1. The molecule has 1 unspecified atom stereocenters. The second-order valence-electron chi connectivity index (χ2n) is 4.24. The molecule has 3 N–H and O–H groups in total. The molecule has 0 saturated carbocycles. The van der Waals surface area contributed by atoms with Crippen LogP contribution in [0.1, 0.15) is 33.1 Å². The molecule has 1 aliphatic heterocycles. The van der Waals surface area contributed by atoms with E-state index >= 15 is 0 Å². The van der Waals surface area contributed by atoms with Crippen LogP contribution < -0.4 is 11.1 Å². The average Bonchev–Trinajstić information content (AvgIpc) is 2.26. The lowest BCUT2D eigenvalue weighted by molar-refractivity contribution is -0.131. The Morgan fingerprint density at radius 2 is 2.00 bits per heavy atom. The van der Waals surface area contributed by atoms with Gasteiger partial charge in [-0.05, 0) is 12.8 Å². The summed E-state index contributed by atoms with van der Waals surface area (Å²) in [6, 6.07) is 0. The topological polar surface area (TPSA) is 58.4 Å². The summed E-state index contributed by atoms with van der Waals surface area (Å²) in [5, 5.41) is 3.30. The molecule has 0 aromatic carbocycles. The third kappa shape index (κ3) is 2.49. The molecule has 1 heterocycles. The van der Waals surface area contributed by atoms with Crippen molar-refractivity contribution < 1.29 is 4.79 Å². The van der Waals surface area contributed by atoms with Gasteiger partial charge >= 0.3 is 0 Å². The molecule has 1 fully saturated rings. The summed E-state index contributed by atoms with van der Waals surface area (Å²) >= 11 is 0. The van der Waals surface area contributed by atoms with Crippen LogP contribution in [0.2, 0.25) is 0 Å². The van der Waals surface area contributed by atoms with Crippen LogP contribution in [0.25, 0.3) is 0 Å². The van der Waals surface area contributed by atoms with E-state index in [1.807, 2.05) is 0 Å². The van der Waals surface area contributed by atoms with Gasteiger partial charge in [-0.2, -0.15) is 0 Å². The van der Waals surface area contributed by atoms with Crippen LogP contribution in [0.4, 0.5) is 0 Å². The predicted molar refractivity (Wildman–Crippen MR) is 61.6 cm³/mol. The first-order valence-corrected chi connectivity index (χ1v) is 5.93. The minimum Gasteiger partial charge on any atom is -0.368 e. The van der Waals surface area contributed by atoms with Gasteiger partial charge in [0.25, 0.3) is 0 Å². The zero-order valence-electron chi connectivity index (χ0n) is 9.88. The van der Waals surface area contributed by atoms with Gasteiger partial charge in [-0.15, -0.1) is 0 Å². The number of nitrogens with one attached hydrogen (secondary N) is 1. The van der Waals surface area contributed by atoms with E-state index in [-0.39, 0.29) is 5.91 Å². The number of hydrogen-bond donors (Lipinski definition) is 2. The molecule has 1 atom stereocenters. The molecule has 88 valence electrons. The Morgan fingerprint density at radius 3 is 2.40 bits per heavy atom. The van der Waals surface area contributed by atoms with Gasteiger partial charge in [0.2, 0.25) is 5.91 Å². The van der Waals surface area contributed by atoms with E-state index < -0.39 is 5.54 Å². The fraction of sp³-hybridized carbons (Fsp3) is 0.909. The van der Waals surface area contributed by atoms with Crippen LogP contribution >= 0.6 is 0 Å². The number of piperazine rings is 1. The van der Waals surface area contributed by atoms with E-state index in [1.54, 1.807) is 0 Å². The van der Waals surface area contributed by atoms with Gasteiger partial charge in [0.15, 0.2) is 0 Å². The maximum absolute atomic E-state index is 11.7. The average molecular weight is 213 g/mol. The molecule has 0 aliphatic carbocycles. The number of rotatable bonds is 5. The maximum atomic E-state index is 11.7. The van der Waals surface area contributed by atoms with Crippen molar-refractivity contribution in [2.75, 3.05) is 26.2 Å². The molecule has 1 aliphatic rings. The fourth-order valence-electron chi connectivity index (χ4n) is 2.52. The Morgan fingerprint density at radius 1 is 1.40 bits per heavy atom. The first kappa shape index (κ1) is 12.5. The predicted octanol–water partition coefficient (Wildman–Crippen LogP) is 0.326. The van der Waals surface area contributed by atoms with Crippen molar-refractivity contribution in [1.29, 1.82) is 0 Å². The highest BCUT2D eigenvalue weighted by atomic mass is 16.1. The fourth-order valence-corrected chi connectivity index (χ4v) is 2.52. The van der Waals surface area contributed by atoms with Gasteiger partial charge in [0.1, 0.15) is 0 Å². The van der Waals surface area contributed by atoms with Crippen molar-refractivity contribution in [2.45, 2.75) is 38.6 Å². The molecule has 0 aromatic rings. The smallest absolute Gasteiger partial charge is 0.237 e. The Kier molecular flexibility index (Phi) is 4.54. The van der Waals surface area contributed by atoms with E-state index in [9.17, 15) is 4.79 Å². The summed E-state index contributed by atoms with van der Waals surface area (Å²) in [7, 11) is 0. The van der Waals surface area contributed by atoms with Crippen LogP contribution in [0.15, 0.2) is 0 Å². The summed E-state index contributed by atoms with van der Waals surface area (Å²) in [6.45, 7) is 7.93. The Bertz CT molecular complexity index is 214. The molecule has 0 bridgehead atoms. The van der Waals surface area contributed by atoms with Crippen molar-refractivity contribution in [3.05, 3.63) is 0 Å². The van der Waals surface area contributed by atoms with Crippen LogP contribution in [-0.4, -0.2) is 42.5 Å². The number of hydrogen-bond acceptors (Lipinski definition) is 3. The van der Waals surface area contributed by atoms with Gasteiger partial charge in [0.05, 0.1) is 5.54 Å². The minimum atomic E-state index is -0.406. The number of nitrogens with zero attached hydrogens (tertiary/aromatic N) is 1. The van der Waals surface area contributed by atoms with E-state index in [0.29, 0.717) is 0 Å². The van der Waals surface area contributed by atoms with Gasteiger partial charge in [0, 0.05) is 26.2 Å². The molecular weight excluding hydrogens is 190 g/mol. The summed E-state index contributed by atoms with van der Waals surface area (Å²) < 4.78 is 0. The molecule has 1 amide bonds. The lowest BCUT2D eigenvalue weighted by atomic mass is 9.87. The molecule has 4 nitrogen and oxygen atoms in total. The van der Waals surface area contributed by atoms with E-state index in [1.165, 1.54) is 0 Å². The van der Waals surface area contributed by atoms with Crippen molar-refractivity contribution in [3.63, 3.8) is 0 Å². The second kappa shape index (κ2) is 5.47. The monoisotopic (exact) mass is 213 g/mol. The molecule has 0 aromatic heterocycles. The first-order chi connectivity index (χ1) is 7.17. The van der Waals surface area contributed by atoms with Gasteiger partial charge in [-0.1, -0.05) is 20.3 Å². The molecule has 4 heteroatoms. The third-order valence-electron chi connectivity index (χ3n) is 3.43. The number of carbonyl (C=O) groups excluding carboxylic acids is 1. The zero-order valence-corrected chi connectivity index (χ0v) is 9.88. The van der Waals surface area contributed by atoms with Crippen molar-refractivity contribution in [2.24, 2.45) is 5.73 Å². The van der Waals surface area contributed by atoms with Gasteiger partial charge < -0.3 is 11.1 Å². The summed E-state index contributed by atoms with van der Waals surface area (Å²) in [5.41, 5.74) is 5.19. The molecule has 15 heavy (non-hydrogen) atoms. The molecule has 0 radical (unpaired) electrons. The van der Waals surface area contributed by atoms with E-state index in [2.05, 4.69) is 24.1 Å². The normalized spacial score (nSPS) is 22.3. The first-order valence-electron chi connectivity index (χ1n) is 5.93. The lowest BCUT2D eigenvalue weighted by Gasteiger charge is -2.43. The quantitative estimate of drug-likeness (QED) is 0.692. The number of primary amides is 1. The second-order valence-corrected chi connectivity index (χ2v) is 4.24. The lowest BCUT2D eigenvalue weighted by Crippen LogP contribution is -2.61. The Hall–Kier alpha value is -0.610. The molecule has 1 saturated heterocycles. The Balaban J connectivity index is 2.80. The van der Waals surface area contributed by atoms with Crippen LogP contribution in [0.3, 0.4) is 0 Å². The van der Waals surface area contributed by atoms with Crippen molar-refractivity contribution in [3.8, 4) is 0 Å². The summed E-state index contributed by atoms with van der Waals surface area (Å²) in [4.78, 5) is 14.0. The summed E-state index contributed by atoms with van der Waals surface area (Å²) in [5.74, 6) is -0.159. The van der Waals surface area contributed by atoms with Gasteiger partial charge in [-0.3, -0.25) is 9.69 Å². The SMILES string of the molecule is CCCC(CC)(C(N)=O)N1CCNCC1. The maximum Gasteiger partial charge on any atom is 0.237 e. The van der Waals surface area contributed by atoms with Gasteiger partial charge in [-0.25, -0.2) is 0 Å². The number of amides is 1. The molecule has 1 rings (SSSR count). The van der Waals surface area contributed by atoms with E-state index in [4.69, 9.17) is 5.73 Å². The Labute approximate surface area is 92.2 Å². The van der Waals surface area contributed by atoms with E-state index in [0.717, 1.165) is 45.4 Å². The van der Waals surface area contributed by atoms with Crippen LogP contribution in [0, 0.1) is 0 Å². The third-order valence-corrected chi connectivity index (χ3v) is 3.43. The molecular formula is C11H23N3O. The summed E-state index contributed by atoms with van der Waals surface area (Å²) in [6.07, 6.45) is 2.69. The highest BCUT2D eigenvalue weighted by Gasteiger charge is 2.40. The standard InChI is InChI=1S/C11H23N3O/c1-3-5-11(4-2,10(12)15)14-8-6-13-7-9-14/h13H,3-9H2,1-2H3,(H2,12,15). The number of nitrogens with two attached hydrogens (primary N) is 1. The highest BCUT2D eigenvalue weighted by molar-refractivity contribution is 5.84. The highest BCUT2D eigenvalue weighted by Crippen LogP contribution is 2.25. The van der Waals surface area contributed by atoms with Crippen molar-refractivity contribution in [1.82, 2.24) is 10.2 Å². The minimum absolute atomic E-state index is 0.159.